The molecule has 0 heterocycles. The van der Waals surface area contributed by atoms with Gasteiger partial charge in [-0.05, 0) is 35.9 Å². The van der Waals surface area contributed by atoms with Crippen LogP contribution in [-0.2, 0) is 6.54 Å². The van der Waals surface area contributed by atoms with Gasteiger partial charge in [-0.1, -0.05) is 42.5 Å². The Hall–Kier alpha value is -3.40. The smallest absolute Gasteiger partial charge is 0.124 e. The molecule has 0 fully saturated rings. The average molecular weight is 330 g/mol. The third kappa shape index (κ3) is 4.32. The molecule has 0 unspecified atom stereocenters. The summed E-state index contributed by atoms with van der Waals surface area (Å²) in [5.74, 6) is 0.401. The van der Waals surface area contributed by atoms with E-state index in [-0.39, 0.29) is 11.5 Å². The van der Waals surface area contributed by atoms with Crippen molar-refractivity contribution in [1.82, 2.24) is 0 Å². The first-order chi connectivity index (χ1) is 12.2. The van der Waals surface area contributed by atoms with Crippen molar-refractivity contribution < 1.29 is 10.2 Å². The molecule has 0 aromatic heterocycles. The molecule has 4 nitrogen and oxygen atoms in total. The van der Waals surface area contributed by atoms with Gasteiger partial charge in [-0.15, -0.1) is 0 Å². The largest absolute Gasteiger partial charge is 0.507 e. The number of phenolic OH excluding ortho intramolecular Hbond substituents is 2. The standard InChI is InChI=1S/C21H18N2O2/c24-20-11-5-2-8-17(20)14-22-13-16-7-1-4-10-19(16)23-15-18-9-3-6-12-21(18)25/h1-12,14-15,24-25H,13H2. The van der Waals surface area contributed by atoms with E-state index < -0.39 is 0 Å². The fourth-order valence-electron chi connectivity index (χ4n) is 2.35. The Morgan fingerprint density at radius 3 is 1.92 bits per heavy atom. The second-order valence-corrected chi connectivity index (χ2v) is 5.47. The van der Waals surface area contributed by atoms with E-state index in [1.807, 2.05) is 36.4 Å². The Morgan fingerprint density at radius 2 is 1.24 bits per heavy atom. The molecule has 0 aliphatic rings. The normalized spacial score (nSPS) is 11.4. The molecule has 3 aromatic carbocycles. The van der Waals surface area contributed by atoms with Gasteiger partial charge >= 0.3 is 0 Å². The molecule has 0 bridgehead atoms. The molecular formula is C21H18N2O2. The molecule has 0 aliphatic carbocycles. The van der Waals surface area contributed by atoms with Crippen LogP contribution < -0.4 is 0 Å². The van der Waals surface area contributed by atoms with Crippen LogP contribution in [0.25, 0.3) is 0 Å². The quantitative estimate of drug-likeness (QED) is 0.678. The second kappa shape index (κ2) is 7.93. The van der Waals surface area contributed by atoms with Gasteiger partial charge in [-0.3, -0.25) is 9.98 Å². The van der Waals surface area contributed by atoms with E-state index >= 15 is 0 Å². The molecule has 0 saturated carbocycles. The minimum absolute atomic E-state index is 0.196. The Kier molecular flexibility index (Phi) is 5.22. The Bertz CT molecular complexity index is 917. The topological polar surface area (TPSA) is 65.2 Å². The number of aliphatic imine (C=N–C) groups is 2. The number of benzene rings is 3. The maximum atomic E-state index is 9.81. The molecule has 124 valence electrons. The molecule has 3 aromatic rings. The zero-order chi connectivity index (χ0) is 17.5. The third-order valence-corrected chi connectivity index (χ3v) is 3.70. The van der Waals surface area contributed by atoms with Crippen LogP contribution in [0.3, 0.4) is 0 Å². The predicted molar refractivity (Wildman–Crippen MR) is 101 cm³/mol. The van der Waals surface area contributed by atoms with E-state index in [4.69, 9.17) is 0 Å². The number of para-hydroxylation sites is 3. The van der Waals surface area contributed by atoms with E-state index in [2.05, 4.69) is 9.98 Å². The third-order valence-electron chi connectivity index (χ3n) is 3.70. The van der Waals surface area contributed by atoms with Crippen molar-refractivity contribution in [2.45, 2.75) is 6.54 Å². The van der Waals surface area contributed by atoms with E-state index in [0.29, 0.717) is 17.7 Å². The van der Waals surface area contributed by atoms with Crippen molar-refractivity contribution >= 4 is 18.1 Å². The monoisotopic (exact) mass is 330 g/mol. The van der Waals surface area contributed by atoms with Crippen LogP contribution in [0.4, 0.5) is 5.69 Å². The minimum atomic E-state index is 0.196. The summed E-state index contributed by atoms with van der Waals surface area (Å²) in [5, 5.41) is 19.6. The van der Waals surface area contributed by atoms with E-state index in [1.54, 1.807) is 48.8 Å². The van der Waals surface area contributed by atoms with Gasteiger partial charge in [0.25, 0.3) is 0 Å². The van der Waals surface area contributed by atoms with Crippen molar-refractivity contribution in [3.63, 3.8) is 0 Å². The number of hydrogen-bond donors (Lipinski definition) is 2. The first kappa shape index (κ1) is 16.5. The summed E-state index contributed by atoms with van der Waals surface area (Å²) < 4.78 is 0. The lowest BCUT2D eigenvalue weighted by Crippen LogP contribution is -1.87. The van der Waals surface area contributed by atoms with Crippen LogP contribution >= 0.6 is 0 Å². The number of hydrogen-bond acceptors (Lipinski definition) is 4. The first-order valence-corrected chi connectivity index (χ1v) is 7.92. The molecule has 3 rings (SSSR count). The molecule has 25 heavy (non-hydrogen) atoms. The lowest BCUT2D eigenvalue weighted by molar-refractivity contribution is 0.474. The number of phenols is 2. The van der Waals surface area contributed by atoms with Gasteiger partial charge in [0.1, 0.15) is 11.5 Å². The highest BCUT2D eigenvalue weighted by molar-refractivity contribution is 5.85. The molecule has 4 heteroatoms. The molecular weight excluding hydrogens is 312 g/mol. The first-order valence-electron chi connectivity index (χ1n) is 7.92. The number of aromatic hydroxyl groups is 2. The Morgan fingerprint density at radius 1 is 0.680 bits per heavy atom. The van der Waals surface area contributed by atoms with Crippen LogP contribution in [0.5, 0.6) is 11.5 Å². The second-order valence-electron chi connectivity index (χ2n) is 5.47. The molecule has 0 amide bonds. The molecule has 2 N–H and O–H groups in total. The van der Waals surface area contributed by atoms with Crippen LogP contribution in [-0.4, -0.2) is 22.6 Å². The van der Waals surface area contributed by atoms with Gasteiger partial charge in [-0.2, -0.15) is 0 Å². The lowest BCUT2D eigenvalue weighted by Gasteiger charge is -2.03. The molecule has 0 saturated heterocycles. The highest BCUT2D eigenvalue weighted by atomic mass is 16.3. The summed E-state index contributed by atoms with van der Waals surface area (Å²) in [5.41, 5.74) is 3.09. The summed E-state index contributed by atoms with van der Waals surface area (Å²) in [6.07, 6.45) is 3.29. The summed E-state index contributed by atoms with van der Waals surface area (Å²) >= 11 is 0. The summed E-state index contributed by atoms with van der Waals surface area (Å²) in [7, 11) is 0. The average Bonchev–Trinajstić information content (AvgIpc) is 2.64. The van der Waals surface area contributed by atoms with Gasteiger partial charge in [0.05, 0.1) is 12.2 Å². The molecule has 0 atom stereocenters. The van der Waals surface area contributed by atoms with E-state index in [9.17, 15) is 10.2 Å². The van der Waals surface area contributed by atoms with Crippen LogP contribution in [0, 0.1) is 0 Å². The molecule has 0 spiro atoms. The lowest BCUT2D eigenvalue weighted by atomic mass is 10.1. The number of nitrogens with zero attached hydrogens (tertiary/aromatic N) is 2. The van der Waals surface area contributed by atoms with Crippen molar-refractivity contribution in [2.24, 2.45) is 9.98 Å². The molecule has 0 radical (unpaired) electrons. The minimum Gasteiger partial charge on any atom is -0.507 e. The molecule has 0 aliphatic heterocycles. The maximum absolute atomic E-state index is 9.81. The van der Waals surface area contributed by atoms with Gasteiger partial charge in [0, 0.05) is 23.6 Å². The zero-order valence-corrected chi connectivity index (χ0v) is 13.6. The number of rotatable bonds is 5. The Balaban J connectivity index is 1.77. The van der Waals surface area contributed by atoms with Gasteiger partial charge in [0.15, 0.2) is 0 Å². The highest BCUT2D eigenvalue weighted by Gasteiger charge is 2.01. The van der Waals surface area contributed by atoms with Crippen LogP contribution in [0.2, 0.25) is 0 Å². The van der Waals surface area contributed by atoms with Gasteiger partial charge in [-0.25, -0.2) is 0 Å². The van der Waals surface area contributed by atoms with E-state index in [1.165, 1.54) is 0 Å². The van der Waals surface area contributed by atoms with Gasteiger partial charge in [0.2, 0.25) is 0 Å². The summed E-state index contributed by atoms with van der Waals surface area (Å²) in [6, 6.07) is 21.8. The SMILES string of the molecule is Oc1ccccc1C=NCc1ccccc1N=Cc1ccccc1O. The maximum Gasteiger partial charge on any atom is 0.124 e. The zero-order valence-electron chi connectivity index (χ0n) is 13.6. The van der Waals surface area contributed by atoms with Crippen molar-refractivity contribution in [3.05, 3.63) is 89.5 Å². The highest BCUT2D eigenvalue weighted by Crippen LogP contribution is 2.21. The fraction of sp³-hybridized carbons (Fsp3) is 0.0476. The van der Waals surface area contributed by atoms with Crippen LogP contribution in [0.1, 0.15) is 16.7 Å². The van der Waals surface area contributed by atoms with E-state index in [0.717, 1.165) is 11.3 Å². The summed E-state index contributed by atoms with van der Waals surface area (Å²) in [4.78, 5) is 8.87. The fourth-order valence-corrected chi connectivity index (χ4v) is 2.35. The van der Waals surface area contributed by atoms with Crippen molar-refractivity contribution in [3.8, 4) is 11.5 Å². The van der Waals surface area contributed by atoms with Crippen LogP contribution in [0.15, 0.2) is 82.8 Å². The predicted octanol–water partition coefficient (Wildman–Crippen LogP) is 4.47. The summed E-state index contributed by atoms with van der Waals surface area (Å²) in [6.45, 7) is 0.447. The van der Waals surface area contributed by atoms with Crippen molar-refractivity contribution in [1.29, 1.82) is 0 Å². The van der Waals surface area contributed by atoms with Gasteiger partial charge < -0.3 is 10.2 Å². The Labute approximate surface area is 146 Å². The van der Waals surface area contributed by atoms with Crippen molar-refractivity contribution in [2.75, 3.05) is 0 Å².